The molecule has 0 unspecified atom stereocenters. The molecule has 0 aliphatic rings. The van der Waals surface area contributed by atoms with Crippen LogP contribution in [0.3, 0.4) is 0 Å². The fraction of sp³-hybridized carbons (Fsp3) is 0.238. The maximum absolute atomic E-state index is 13.9. The molecule has 0 saturated carbocycles. The number of halogens is 1. The summed E-state index contributed by atoms with van der Waals surface area (Å²) in [7, 11) is -3.67. The van der Waals surface area contributed by atoms with E-state index in [0.29, 0.717) is 24.3 Å². The highest BCUT2D eigenvalue weighted by atomic mass is 32.2. The fourth-order valence-corrected chi connectivity index (χ4v) is 4.78. The van der Waals surface area contributed by atoms with Crippen LogP contribution >= 0.6 is 0 Å². The van der Waals surface area contributed by atoms with Crippen LogP contribution in [0.25, 0.3) is 5.69 Å². The number of para-hydroxylation sites is 1. The fourth-order valence-electron chi connectivity index (χ4n) is 3.07. The Morgan fingerprint density at radius 2 is 1.83 bits per heavy atom. The minimum atomic E-state index is -3.67. The van der Waals surface area contributed by atoms with Crippen LogP contribution in [0.4, 0.5) is 10.1 Å². The Kier molecular flexibility index (Phi) is 6.33. The molecule has 1 N–H and O–H groups in total. The molecule has 158 valence electrons. The van der Waals surface area contributed by atoms with E-state index in [1.807, 2.05) is 0 Å². The molecule has 0 aliphatic carbocycles. The average molecular weight is 431 g/mol. The van der Waals surface area contributed by atoms with Gasteiger partial charge in [0.15, 0.2) is 5.69 Å². The number of benzene rings is 2. The molecule has 1 amide bonds. The third kappa shape index (κ3) is 4.27. The Morgan fingerprint density at radius 3 is 2.50 bits per heavy atom. The Labute approximate surface area is 175 Å². The summed E-state index contributed by atoms with van der Waals surface area (Å²) in [5.74, 6) is -0.988. The van der Waals surface area contributed by atoms with Crippen molar-refractivity contribution in [3.63, 3.8) is 0 Å². The first-order valence-corrected chi connectivity index (χ1v) is 10.9. The van der Waals surface area contributed by atoms with E-state index in [0.717, 1.165) is 0 Å². The van der Waals surface area contributed by atoms with Crippen molar-refractivity contribution in [2.45, 2.75) is 25.7 Å². The standard InChI is InChI=1S/C21H23FN4O3S/c1-4-25(5-2)30(28,29)20-14-16(11-10-15(20)3)23-21(27)18-12-13-26(24-18)19-9-7-6-8-17(19)22/h6-14H,4-5H2,1-3H3,(H,23,27). The minimum absolute atomic E-state index is 0.0759. The number of hydrogen-bond acceptors (Lipinski definition) is 4. The molecule has 1 heterocycles. The predicted molar refractivity (Wildman–Crippen MR) is 113 cm³/mol. The molecule has 0 spiro atoms. The summed E-state index contributed by atoms with van der Waals surface area (Å²) in [6, 6.07) is 12.3. The Morgan fingerprint density at radius 1 is 1.13 bits per heavy atom. The largest absolute Gasteiger partial charge is 0.321 e. The number of rotatable bonds is 7. The van der Waals surface area contributed by atoms with Gasteiger partial charge in [0.1, 0.15) is 11.5 Å². The Balaban J connectivity index is 1.86. The van der Waals surface area contributed by atoms with E-state index in [9.17, 15) is 17.6 Å². The van der Waals surface area contributed by atoms with Crippen molar-refractivity contribution in [3.05, 3.63) is 71.8 Å². The van der Waals surface area contributed by atoms with Crippen LogP contribution in [0.2, 0.25) is 0 Å². The van der Waals surface area contributed by atoms with Gasteiger partial charge < -0.3 is 5.32 Å². The van der Waals surface area contributed by atoms with Gasteiger partial charge in [-0.15, -0.1) is 0 Å². The van der Waals surface area contributed by atoms with Gasteiger partial charge in [-0.05, 0) is 42.8 Å². The second-order valence-electron chi connectivity index (χ2n) is 6.62. The lowest BCUT2D eigenvalue weighted by atomic mass is 10.2. The van der Waals surface area contributed by atoms with E-state index in [4.69, 9.17) is 0 Å². The van der Waals surface area contributed by atoms with Crippen molar-refractivity contribution >= 4 is 21.6 Å². The van der Waals surface area contributed by atoms with E-state index in [2.05, 4.69) is 10.4 Å². The molecule has 0 atom stereocenters. The van der Waals surface area contributed by atoms with Crippen LogP contribution in [0.15, 0.2) is 59.6 Å². The molecule has 3 aromatic rings. The molecule has 7 nitrogen and oxygen atoms in total. The quantitative estimate of drug-likeness (QED) is 0.621. The minimum Gasteiger partial charge on any atom is -0.321 e. The van der Waals surface area contributed by atoms with Crippen molar-refractivity contribution < 1.29 is 17.6 Å². The maximum Gasteiger partial charge on any atom is 0.276 e. The van der Waals surface area contributed by atoms with Crippen LogP contribution in [-0.4, -0.2) is 41.5 Å². The number of carbonyl (C=O) groups excluding carboxylic acids is 1. The summed E-state index contributed by atoms with van der Waals surface area (Å²) in [5.41, 5.74) is 1.21. The van der Waals surface area contributed by atoms with Gasteiger partial charge in [0.05, 0.1) is 4.90 Å². The van der Waals surface area contributed by atoms with Crippen LogP contribution < -0.4 is 5.32 Å². The molecule has 30 heavy (non-hydrogen) atoms. The molecule has 0 bridgehead atoms. The van der Waals surface area contributed by atoms with Crippen molar-refractivity contribution in [2.75, 3.05) is 18.4 Å². The zero-order chi connectivity index (χ0) is 21.9. The maximum atomic E-state index is 13.9. The summed E-state index contributed by atoms with van der Waals surface area (Å²) in [6.07, 6.45) is 1.48. The van der Waals surface area contributed by atoms with E-state index >= 15 is 0 Å². The van der Waals surface area contributed by atoms with Crippen molar-refractivity contribution in [1.29, 1.82) is 0 Å². The Bertz CT molecular complexity index is 1170. The number of aromatic nitrogens is 2. The van der Waals surface area contributed by atoms with Gasteiger partial charge in [-0.1, -0.05) is 32.0 Å². The number of amides is 1. The number of nitrogens with one attached hydrogen (secondary N) is 1. The topological polar surface area (TPSA) is 84.3 Å². The third-order valence-electron chi connectivity index (χ3n) is 4.69. The molecule has 2 aromatic carbocycles. The van der Waals surface area contributed by atoms with Gasteiger partial charge in [-0.3, -0.25) is 4.79 Å². The second kappa shape index (κ2) is 8.76. The average Bonchev–Trinajstić information content (AvgIpc) is 3.20. The molecule has 3 rings (SSSR count). The molecule has 0 aliphatic heterocycles. The van der Waals surface area contributed by atoms with Crippen molar-refractivity contribution in [3.8, 4) is 5.69 Å². The number of anilines is 1. The first kappa shape index (κ1) is 21.7. The molecule has 0 radical (unpaired) electrons. The number of carbonyl (C=O) groups is 1. The summed E-state index contributed by atoms with van der Waals surface area (Å²) < 4.78 is 42.3. The highest BCUT2D eigenvalue weighted by molar-refractivity contribution is 7.89. The third-order valence-corrected chi connectivity index (χ3v) is 6.88. The first-order chi connectivity index (χ1) is 14.3. The summed E-state index contributed by atoms with van der Waals surface area (Å²) >= 11 is 0. The highest BCUT2D eigenvalue weighted by Gasteiger charge is 2.24. The van der Waals surface area contributed by atoms with Crippen LogP contribution in [0.5, 0.6) is 0 Å². The lowest BCUT2D eigenvalue weighted by molar-refractivity contribution is 0.102. The second-order valence-corrected chi connectivity index (χ2v) is 8.53. The monoisotopic (exact) mass is 430 g/mol. The van der Waals surface area contributed by atoms with Gasteiger partial charge in [0.25, 0.3) is 5.91 Å². The van der Waals surface area contributed by atoms with E-state index in [1.165, 1.54) is 33.4 Å². The summed E-state index contributed by atoms with van der Waals surface area (Å²) in [6.45, 7) is 5.95. The van der Waals surface area contributed by atoms with Gasteiger partial charge in [-0.2, -0.15) is 9.40 Å². The predicted octanol–water partition coefficient (Wildman–Crippen LogP) is 3.60. The zero-order valence-corrected chi connectivity index (χ0v) is 17.8. The smallest absolute Gasteiger partial charge is 0.276 e. The first-order valence-electron chi connectivity index (χ1n) is 9.50. The molecule has 0 saturated heterocycles. The summed E-state index contributed by atoms with van der Waals surface area (Å²) in [4.78, 5) is 12.7. The van der Waals surface area contributed by atoms with Gasteiger partial charge in [-0.25, -0.2) is 17.5 Å². The van der Waals surface area contributed by atoms with Crippen LogP contribution in [-0.2, 0) is 10.0 Å². The van der Waals surface area contributed by atoms with E-state index in [-0.39, 0.29) is 16.3 Å². The number of sulfonamides is 1. The Hall–Kier alpha value is -3.04. The van der Waals surface area contributed by atoms with Crippen LogP contribution in [0.1, 0.15) is 29.9 Å². The van der Waals surface area contributed by atoms with Gasteiger partial charge in [0.2, 0.25) is 10.0 Å². The normalized spacial score (nSPS) is 11.6. The molecular formula is C21H23FN4O3S. The lowest BCUT2D eigenvalue weighted by Gasteiger charge is -2.20. The number of hydrogen-bond donors (Lipinski definition) is 1. The molecule has 0 fully saturated rings. The zero-order valence-electron chi connectivity index (χ0n) is 17.0. The van der Waals surface area contributed by atoms with Gasteiger partial charge in [0, 0.05) is 25.0 Å². The summed E-state index contributed by atoms with van der Waals surface area (Å²) in [5, 5.41) is 6.78. The lowest BCUT2D eigenvalue weighted by Crippen LogP contribution is -2.31. The van der Waals surface area contributed by atoms with Crippen LogP contribution in [0, 0.1) is 12.7 Å². The van der Waals surface area contributed by atoms with E-state index < -0.39 is 21.7 Å². The highest BCUT2D eigenvalue weighted by Crippen LogP contribution is 2.24. The van der Waals surface area contributed by atoms with Crippen molar-refractivity contribution in [1.82, 2.24) is 14.1 Å². The molecule has 9 heteroatoms. The molecular weight excluding hydrogens is 407 g/mol. The van der Waals surface area contributed by atoms with Gasteiger partial charge >= 0.3 is 0 Å². The number of nitrogens with zero attached hydrogens (tertiary/aromatic N) is 3. The SMILES string of the molecule is CCN(CC)S(=O)(=O)c1cc(NC(=O)c2ccn(-c3ccccc3F)n2)ccc1C. The van der Waals surface area contributed by atoms with E-state index in [1.54, 1.807) is 51.1 Å². The van der Waals surface area contributed by atoms with Crippen molar-refractivity contribution in [2.24, 2.45) is 0 Å². The number of aryl methyl sites for hydroxylation is 1. The molecule has 1 aromatic heterocycles.